The lowest BCUT2D eigenvalue weighted by atomic mass is 9.55. The molecule has 0 aromatic carbocycles. The van der Waals surface area contributed by atoms with E-state index in [4.69, 9.17) is 0 Å². The Morgan fingerprint density at radius 2 is 1.87 bits per heavy atom. The minimum atomic E-state index is -0.687. The summed E-state index contributed by atoms with van der Waals surface area (Å²) in [7, 11) is 0. The van der Waals surface area contributed by atoms with Crippen molar-refractivity contribution in [3.05, 3.63) is 23.8 Å². The number of hydrogen-bond acceptors (Lipinski definition) is 4. The molecule has 4 nitrogen and oxygen atoms in total. The molecule has 0 spiro atoms. The van der Waals surface area contributed by atoms with Gasteiger partial charge in [-0.25, -0.2) is 0 Å². The van der Waals surface area contributed by atoms with Crippen LogP contribution in [0.2, 0.25) is 0 Å². The van der Waals surface area contributed by atoms with Crippen LogP contribution in [0.3, 0.4) is 0 Å². The average Bonchev–Trinajstić information content (AvgIpc) is 3.03. The Morgan fingerprint density at radius 1 is 1.16 bits per heavy atom. The van der Waals surface area contributed by atoms with Crippen LogP contribution >= 0.6 is 0 Å². The van der Waals surface area contributed by atoms with Crippen LogP contribution < -0.4 is 0 Å². The van der Waals surface area contributed by atoms with Crippen LogP contribution in [0.15, 0.2) is 23.8 Å². The zero-order valence-electron chi connectivity index (χ0n) is 20.2. The van der Waals surface area contributed by atoms with Gasteiger partial charge in [-0.15, -0.1) is 0 Å². The summed E-state index contributed by atoms with van der Waals surface area (Å²) in [6.07, 6.45) is 10.8. The van der Waals surface area contributed by atoms with E-state index in [-0.39, 0.29) is 29.6 Å². The SMILES string of the molecule is CC(C)CC=C[C@@H](C)[C@H]1CC[C@@H](C2=C[C@H](O)[C@H]3C[C@@H](O)CC[C@]3(C)C2=O)[C@]1(C)CCO. The lowest BCUT2D eigenvalue weighted by Crippen LogP contribution is -2.52. The number of ketones is 1. The summed E-state index contributed by atoms with van der Waals surface area (Å²) in [5.41, 5.74) is 0.0259. The molecule has 0 amide bonds. The van der Waals surface area contributed by atoms with E-state index in [1.54, 1.807) is 0 Å². The number of aliphatic hydroxyl groups excluding tert-OH is 3. The van der Waals surface area contributed by atoms with Crippen LogP contribution in [-0.2, 0) is 4.79 Å². The van der Waals surface area contributed by atoms with Crippen molar-refractivity contribution >= 4 is 5.78 Å². The summed E-state index contributed by atoms with van der Waals surface area (Å²) in [5, 5.41) is 31.0. The Morgan fingerprint density at radius 3 is 2.52 bits per heavy atom. The lowest BCUT2D eigenvalue weighted by Gasteiger charge is -2.49. The summed E-state index contributed by atoms with van der Waals surface area (Å²) in [6.45, 7) is 11.1. The fraction of sp³-hybridized carbons (Fsp3) is 0.815. The van der Waals surface area contributed by atoms with Crippen molar-refractivity contribution in [2.24, 2.45) is 40.4 Å². The summed E-state index contributed by atoms with van der Waals surface area (Å²) in [5.74, 6) is 1.46. The molecule has 0 aromatic rings. The summed E-state index contributed by atoms with van der Waals surface area (Å²) in [4.78, 5) is 13.8. The average molecular weight is 433 g/mol. The standard InChI is InChI=1S/C27H44O4/c1-17(2)7-6-8-18(3)21-9-10-22(26(21,4)13-14-28)20-16-24(30)23-15-19(29)11-12-27(23,5)25(20)31/h6,8,16-19,21-24,28-30H,7,9-15H2,1-5H3/t18-,19+,21-,22+,23-,24+,26-,27+/m1/s1. The second-order valence-corrected chi connectivity index (χ2v) is 11.5. The van der Waals surface area contributed by atoms with Gasteiger partial charge in [0.15, 0.2) is 5.78 Å². The summed E-state index contributed by atoms with van der Waals surface area (Å²) >= 11 is 0. The highest BCUT2D eigenvalue weighted by Crippen LogP contribution is 2.59. The highest BCUT2D eigenvalue weighted by atomic mass is 16.3. The third-order valence-corrected chi connectivity index (χ3v) is 9.00. The quantitative estimate of drug-likeness (QED) is 0.511. The molecule has 3 aliphatic carbocycles. The van der Waals surface area contributed by atoms with Crippen LogP contribution in [0, 0.1) is 40.4 Å². The molecule has 4 heteroatoms. The molecule has 2 saturated carbocycles. The molecule has 0 radical (unpaired) electrons. The van der Waals surface area contributed by atoms with E-state index >= 15 is 0 Å². The summed E-state index contributed by atoms with van der Waals surface area (Å²) in [6, 6.07) is 0. The van der Waals surface area contributed by atoms with E-state index in [1.165, 1.54) is 0 Å². The third kappa shape index (κ3) is 4.58. The first kappa shape index (κ1) is 24.7. The van der Waals surface area contributed by atoms with Gasteiger partial charge in [0.05, 0.1) is 12.2 Å². The predicted molar refractivity (Wildman–Crippen MR) is 124 cm³/mol. The Balaban J connectivity index is 1.90. The smallest absolute Gasteiger partial charge is 0.165 e. The Labute approximate surface area is 188 Å². The monoisotopic (exact) mass is 432 g/mol. The number of aliphatic hydroxyl groups is 3. The number of carbonyl (C=O) groups is 1. The first-order valence-electron chi connectivity index (χ1n) is 12.4. The first-order valence-corrected chi connectivity index (χ1v) is 12.4. The van der Waals surface area contributed by atoms with Crippen molar-refractivity contribution in [2.45, 2.75) is 91.8 Å². The molecule has 2 fully saturated rings. The molecule has 0 heterocycles. The predicted octanol–water partition coefficient (Wildman–Crippen LogP) is 4.68. The van der Waals surface area contributed by atoms with Crippen molar-refractivity contribution in [3.8, 4) is 0 Å². The number of fused-ring (bicyclic) bond motifs is 1. The number of carbonyl (C=O) groups excluding carboxylic acids is 1. The molecule has 0 aromatic heterocycles. The molecule has 3 N–H and O–H groups in total. The maximum Gasteiger partial charge on any atom is 0.165 e. The number of hydrogen-bond donors (Lipinski definition) is 3. The maximum absolute atomic E-state index is 13.8. The highest BCUT2D eigenvalue weighted by Gasteiger charge is 2.56. The number of rotatable bonds is 7. The van der Waals surface area contributed by atoms with Gasteiger partial charge in [0.25, 0.3) is 0 Å². The van der Waals surface area contributed by atoms with Crippen molar-refractivity contribution in [1.82, 2.24) is 0 Å². The highest BCUT2D eigenvalue weighted by molar-refractivity contribution is 6.01. The van der Waals surface area contributed by atoms with Crippen molar-refractivity contribution in [1.29, 1.82) is 0 Å². The van der Waals surface area contributed by atoms with E-state index in [0.717, 1.165) is 24.8 Å². The topological polar surface area (TPSA) is 77.8 Å². The fourth-order valence-electron chi connectivity index (χ4n) is 7.04. The van der Waals surface area contributed by atoms with Gasteiger partial charge in [-0.3, -0.25) is 4.79 Å². The van der Waals surface area contributed by atoms with Crippen LogP contribution in [0.4, 0.5) is 0 Å². The Kier molecular flexibility index (Phi) is 7.55. The van der Waals surface area contributed by atoms with Gasteiger partial charge in [0.2, 0.25) is 0 Å². The van der Waals surface area contributed by atoms with Gasteiger partial charge in [0, 0.05) is 17.9 Å². The normalized spacial score (nSPS) is 42.2. The van der Waals surface area contributed by atoms with E-state index in [0.29, 0.717) is 43.4 Å². The maximum atomic E-state index is 13.8. The fourth-order valence-corrected chi connectivity index (χ4v) is 7.04. The first-order chi connectivity index (χ1) is 14.5. The van der Waals surface area contributed by atoms with Crippen LogP contribution in [0.1, 0.15) is 79.6 Å². The molecule has 0 bridgehead atoms. The van der Waals surface area contributed by atoms with Crippen molar-refractivity contribution in [3.63, 3.8) is 0 Å². The largest absolute Gasteiger partial charge is 0.396 e. The van der Waals surface area contributed by atoms with Gasteiger partial charge < -0.3 is 15.3 Å². The minimum absolute atomic E-state index is 0.0670. The molecule has 0 unspecified atom stereocenters. The van der Waals surface area contributed by atoms with E-state index in [2.05, 4.69) is 39.8 Å². The summed E-state index contributed by atoms with van der Waals surface area (Å²) < 4.78 is 0. The van der Waals surface area contributed by atoms with E-state index < -0.39 is 17.6 Å². The van der Waals surface area contributed by atoms with Crippen molar-refractivity contribution < 1.29 is 20.1 Å². The van der Waals surface area contributed by atoms with E-state index in [1.807, 2.05) is 13.0 Å². The van der Waals surface area contributed by atoms with Crippen LogP contribution in [0.5, 0.6) is 0 Å². The lowest BCUT2D eigenvalue weighted by molar-refractivity contribution is -0.138. The molecular weight excluding hydrogens is 388 g/mol. The number of Topliss-reactive ketones (excluding diaryl/α,β-unsaturated/α-hetero) is 1. The molecule has 0 aliphatic heterocycles. The minimum Gasteiger partial charge on any atom is -0.396 e. The molecule has 3 rings (SSSR count). The van der Waals surface area contributed by atoms with Gasteiger partial charge in [-0.05, 0) is 85.7 Å². The third-order valence-electron chi connectivity index (χ3n) is 9.00. The van der Waals surface area contributed by atoms with E-state index in [9.17, 15) is 20.1 Å². The van der Waals surface area contributed by atoms with Gasteiger partial charge in [-0.1, -0.05) is 46.8 Å². The van der Waals surface area contributed by atoms with Crippen LogP contribution in [0.25, 0.3) is 0 Å². The Bertz CT molecular complexity index is 710. The second-order valence-electron chi connectivity index (χ2n) is 11.5. The molecule has 176 valence electrons. The zero-order valence-corrected chi connectivity index (χ0v) is 20.2. The van der Waals surface area contributed by atoms with Crippen LogP contribution in [-0.4, -0.2) is 39.9 Å². The molecule has 31 heavy (non-hydrogen) atoms. The zero-order chi connectivity index (χ0) is 23.0. The van der Waals surface area contributed by atoms with Gasteiger partial charge >= 0.3 is 0 Å². The second kappa shape index (κ2) is 9.49. The Hall–Kier alpha value is -0.970. The molecule has 8 atom stereocenters. The van der Waals surface area contributed by atoms with Gasteiger partial charge in [0.1, 0.15) is 0 Å². The molecule has 3 aliphatic rings. The molecular formula is C27H44O4. The molecule has 0 saturated heterocycles. The number of allylic oxidation sites excluding steroid dienone is 3. The van der Waals surface area contributed by atoms with Gasteiger partial charge in [-0.2, -0.15) is 0 Å². The van der Waals surface area contributed by atoms with Crippen molar-refractivity contribution in [2.75, 3.05) is 6.61 Å².